The molecule has 2 nitrogen and oxygen atoms in total. The van der Waals surface area contributed by atoms with Gasteiger partial charge in [-0.25, -0.2) is 0 Å². The van der Waals surface area contributed by atoms with E-state index in [4.69, 9.17) is 0 Å². The van der Waals surface area contributed by atoms with Gasteiger partial charge in [0.2, 0.25) is 0 Å². The smallest absolute Gasteiger partial charge is 0.0579 e. The fraction of sp³-hybridized carbons (Fsp3) is 0.437. The maximum absolute atomic E-state index is 2.69. The van der Waals surface area contributed by atoms with Gasteiger partial charge in [0.15, 0.2) is 0 Å². The van der Waals surface area contributed by atoms with Crippen molar-refractivity contribution in [3.63, 3.8) is 0 Å². The summed E-state index contributed by atoms with van der Waals surface area (Å²) in [4.78, 5) is 5.14. The molecule has 0 aliphatic heterocycles. The van der Waals surface area contributed by atoms with E-state index in [0.29, 0.717) is 23.7 Å². The Morgan fingerprint density at radius 3 is 0.947 bits per heavy atom. The van der Waals surface area contributed by atoms with Crippen LogP contribution >= 0.6 is 0 Å². The highest BCUT2D eigenvalue weighted by atomic mass is 28.4. The fourth-order valence-electron chi connectivity index (χ4n) is 16.3. The Labute approximate surface area is 454 Å². The van der Waals surface area contributed by atoms with Gasteiger partial charge >= 0.3 is 0 Å². The summed E-state index contributed by atoms with van der Waals surface area (Å²) >= 11 is 0. The number of benzene rings is 7. The Bertz CT molecular complexity index is 2940. The Morgan fingerprint density at radius 2 is 0.600 bits per heavy atom. The molecule has 0 N–H and O–H groups in total. The summed E-state index contributed by atoms with van der Waals surface area (Å²) in [6, 6.07) is 59.4. The second kappa shape index (κ2) is 21.0. The summed E-state index contributed by atoms with van der Waals surface area (Å²) in [5, 5.41) is 2.67. The summed E-state index contributed by atoms with van der Waals surface area (Å²) in [6.45, 7) is 16.1. The quantitative estimate of drug-likeness (QED) is 0.113. The van der Waals surface area contributed by atoms with E-state index in [0.717, 1.165) is 0 Å². The van der Waals surface area contributed by atoms with Crippen LogP contribution in [0.15, 0.2) is 146 Å². The average Bonchev–Trinajstić information content (AvgIpc) is 3.92. The van der Waals surface area contributed by atoms with Crippen LogP contribution in [0.25, 0.3) is 21.9 Å². The SMILES string of the molecule is C[Si](C)(C)C1([Si](C)(C)C)c2cc(N(c3ccc(C4CCCCC4)cc3)c3ccc(C4CCCCC4)cc3)ccc2-c2cc3ccc(N(c4ccc(C5CCCCC5)cc4)c4ccc(C5CCCCC5)cc4)cc3cc21. The summed E-state index contributed by atoms with van der Waals surface area (Å²) in [6.07, 6.45) is 27.0. The second-order valence-corrected chi connectivity index (χ2v) is 37.3. The van der Waals surface area contributed by atoms with Gasteiger partial charge in [-0.05, 0) is 209 Å². The second-order valence-electron chi connectivity index (χ2n) is 26.3. The third kappa shape index (κ3) is 9.61. The molecule has 0 atom stereocenters. The predicted molar refractivity (Wildman–Crippen MR) is 330 cm³/mol. The van der Waals surface area contributed by atoms with Gasteiger partial charge in [-0.3, -0.25) is 0 Å². The molecule has 5 aliphatic carbocycles. The number of rotatable bonds is 12. The highest BCUT2D eigenvalue weighted by molar-refractivity contribution is 6.99. The number of anilines is 6. The van der Waals surface area contributed by atoms with E-state index < -0.39 is 16.1 Å². The Balaban J connectivity index is 0.967. The number of hydrogen-bond donors (Lipinski definition) is 0. The Morgan fingerprint density at radius 1 is 0.293 bits per heavy atom. The van der Waals surface area contributed by atoms with Gasteiger partial charge in [0.25, 0.3) is 0 Å². The van der Waals surface area contributed by atoms with Crippen molar-refractivity contribution in [2.45, 2.75) is 196 Å². The van der Waals surface area contributed by atoms with E-state index >= 15 is 0 Å². The molecule has 4 saturated carbocycles. The van der Waals surface area contributed by atoms with Crippen LogP contribution in [-0.4, -0.2) is 16.1 Å². The highest BCUT2D eigenvalue weighted by Gasteiger charge is 2.59. The summed E-state index contributed by atoms with van der Waals surface area (Å²) in [5.41, 5.74) is 19.7. The molecule has 0 radical (unpaired) electrons. The lowest BCUT2D eigenvalue weighted by molar-refractivity contribution is 0.443. The third-order valence-corrected chi connectivity index (χ3v) is 29.8. The van der Waals surface area contributed by atoms with Crippen LogP contribution in [0.1, 0.15) is 185 Å². The number of nitrogens with zero attached hydrogens (tertiary/aromatic N) is 2. The maximum Gasteiger partial charge on any atom is 0.0579 e. The number of fused-ring (bicyclic) bond motifs is 4. The van der Waals surface area contributed by atoms with E-state index in [-0.39, 0.29) is 4.66 Å². The van der Waals surface area contributed by atoms with Crippen LogP contribution in [0.5, 0.6) is 0 Å². The lowest BCUT2D eigenvalue weighted by atomic mass is 9.84. The van der Waals surface area contributed by atoms with Crippen molar-refractivity contribution in [3.05, 3.63) is 179 Å². The minimum absolute atomic E-state index is 0.0180. The van der Waals surface area contributed by atoms with E-state index in [1.54, 1.807) is 11.1 Å². The van der Waals surface area contributed by atoms with E-state index in [9.17, 15) is 0 Å². The van der Waals surface area contributed by atoms with Crippen LogP contribution in [0.3, 0.4) is 0 Å². The van der Waals surface area contributed by atoms with Gasteiger partial charge in [0.05, 0.1) is 16.1 Å². The summed E-state index contributed by atoms with van der Waals surface area (Å²) in [7, 11) is -4.03. The molecule has 75 heavy (non-hydrogen) atoms. The summed E-state index contributed by atoms with van der Waals surface area (Å²) < 4.78 is -0.0180. The highest BCUT2D eigenvalue weighted by Crippen LogP contribution is 2.60. The first-order valence-corrected chi connectivity index (χ1v) is 37.2. The molecule has 0 unspecified atom stereocenters. The zero-order valence-electron chi connectivity index (χ0n) is 46.7. The monoisotopic (exact) mass is 1020 g/mol. The first-order valence-electron chi connectivity index (χ1n) is 30.2. The topological polar surface area (TPSA) is 6.48 Å². The van der Waals surface area contributed by atoms with Crippen molar-refractivity contribution in [2.75, 3.05) is 9.80 Å². The molecule has 5 aliphatic rings. The van der Waals surface area contributed by atoms with E-state index in [1.165, 1.54) is 207 Å². The van der Waals surface area contributed by atoms with Crippen molar-refractivity contribution in [1.29, 1.82) is 0 Å². The third-order valence-electron chi connectivity index (χ3n) is 19.7. The largest absolute Gasteiger partial charge is 0.310 e. The lowest BCUT2D eigenvalue weighted by Crippen LogP contribution is -2.63. The molecule has 7 aromatic rings. The zero-order chi connectivity index (χ0) is 51.3. The van der Waals surface area contributed by atoms with Crippen molar-refractivity contribution >= 4 is 61.0 Å². The van der Waals surface area contributed by atoms with Crippen LogP contribution in [0.4, 0.5) is 34.1 Å². The molecule has 0 saturated heterocycles. The zero-order valence-corrected chi connectivity index (χ0v) is 48.7. The van der Waals surface area contributed by atoms with Crippen LogP contribution in [0.2, 0.25) is 39.3 Å². The Hall–Kier alpha value is -5.17. The van der Waals surface area contributed by atoms with Crippen molar-refractivity contribution in [3.8, 4) is 11.1 Å². The van der Waals surface area contributed by atoms with Gasteiger partial charge in [-0.2, -0.15) is 0 Å². The van der Waals surface area contributed by atoms with E-state index in [2.05, 4.69) is 195 Å². The predicted octanol–water partition coefficient (Wildman–Crippen LogP) is 22.0. The molecule has 0 amide bonds. The molecule has 4 fully saturated rings. The van der Waals surface area contributed by atoms with Crippen molar-refractivity contribution in [1.82, 2.24) is 0 Å². The summed E-state index contributed by atoms with van der Waals surface area (Å²) in [5.74, 6) is 2.76. The molecule has 7 aromatic carbocycles. The molecule has 4 heteroatoms. The maximum atomic E-state index is 2.69. The minimum atomic E-state index is -2.02. The van der Waals surface area contributed by atoms with Crippen LogP contribution < -0.4 is 9.80 Å². The van der Waals surface area contributed by atoms with Gasteiger partial charge < -0.3 is 9.80 Å². The van der Waals surface area contributed by atoms with E-state index in [1.807, 2.05) is 0 Å². The molecule has 388 valence electrons. The number of hydrogen-bond acceptors (Lipinski definition) is 2. The minimum Gasteiger partial charge on any atom is -0.310 e. The molecular formula is C71H86N2Si2. The van der Waals surface area contributed by atoms with Gasteiger partial charge in [0.1, 0.15) is 0 Å². The lowest BCUT2D eigenvalue weighted by Gasteiger charge is -2.51. The fourth-order valence-corrected chi connectivity index (χ4v) is 29.3. The average molecular weight is 1020 g/mol. The van der Waals surface area contributed by atoms with Gasteiger partial charge in [0, 0.05) is 38.8 Å². The molecule has 0 spiro atoms. The normalized spacial score (nSPS) is 19.0. The Kier molecular flexibility index (Phi) is 14.2. The van der Waals surface area contributed by atoms with Crippen molar-refractivity contribution in [2.24, 2.45) is 0 Å². The van der Waals surface area contributed by atoms with Gasteiger partial charge in [-0.1, -0.05) is 183 Å². The molecule has 0 bridgehead atoms. The standard InChI is InChI=1S/C71H86N2Si2/c1-74(2,3)71(75(4,5)6)69-49-60-47-65(72(61-36-27-55(28-37-61)51-19-11-7-12-20-51)62-38-29-56(30-39-62)52-21-13-8-14-22-52)44-35-59(60)48-68(69)67-46-45-66(50-70(67)71)73(63-40-31-57(32-41-63)53-23-15-9-16-24-53)64-42-33-58(34-43-64)54-25-17-10-18-26-54/h27-54H,7-26H2,1-6H3. The molecule has 0 aromatic heterocycles. The first-order chi connectivity index (χ1) is 36.4. The van der Waals surface area contributed by atoms with Crippen LogP contribution in [0, 0.1) is 0 Å². The molecule has 12 rings (SSSR count). The van der Waals surface area contributed by atoms with Crippen LogP contribution in [-0.2, 0) is 4.66 Å². The van der Waals surface area contributed by atoms with Crippen molar-refractivity contribution < 1.29 is 0 Å². The van der Waals surface area contributed by atoms with Gasteiger partial charge in [-0.15, -0.1) is 0 Å². The molecular weight excluding hydrogens is 937 g/mol. The molecule has 0 heterocycles. The first kappa shape index (κ1) is 50.6.